The zero-order chi connectivity index (χ0) is 21.1. The van der Waals surface area contributed by atoms with Gasteiger partial charge in [-0.15, -0.1) is 0 Å². The molecule has 0 saturated heterocycles. The highest BCUT2D eigenvalue weighted by Crippen LogP contribution is 2.32. The van der Waals surface area contributed by atoms with Gasteiger partial charge in [0.2, 0.25) is 5.78 Å². The van der Waals surface area contributed by atoms with Crippen molar-refractivity contribution in [2.45, 2.75) is 25.8 Å². The predicted molar refractivity (Wildman–Crippen MR) is 107 cm³/mol. The van der Waals surface area contributed by atoms with Crippen molar-refractivity contribution in [1.29, 1.82) is 0 Å². The minimum Gasteiger partial charge on any atom is -0.478 e. The lowest BCUT2D eigenvalue weighted by molar-refractivity contribution is -0.144. The summed E-state index contributed by atoms with van der Waals surface area (Å²) < 4.78 is 5.57. The summed E-state index contributed by atoms with van der Waals surface area (Å²) in [5.41, 5.74) is 5.51. The van der Waals surface area contributed by atoms with Crippen LogP contribution in [0.4, 0.5) is 11.4 Å². The number of hydrogen-bond acceptors (Lipinski definition) is 5. The van der Waals surface area contributed by atoms with Crippen LogP contribution < -0.4 is 15.8 Å². The Morgan fingerprint density at radius 1 is 1.07 bits per heavy atom. The summed E-state index contributed by atoms with van der Waals surface area (Å²) in [4.78, 5) is 36.8. The van der Waals surface area contributed by atoms with Crippen molar-refractivity contribution in [3.8, 4) is 5.75 Å². The van der Waals surface area contributed by atoms with Gasteiger partial charge in [0.15, 0.2) is 0 Å². The maximum atomic E-state index is 12.9. The van der Waals surface area contributed by atoms with E-state index in [1.165, 1.54) is 30.3 Å². The van der Waals surface area contributed by atoms with Gasteiger partial charge in [0.25, 0.3) is 5.91 Å². The molecule has 0 saturated carbocycles. The first-order valence-electron chi connectivity index (χ1n) is 8.36. The molecule has 0 aliphatic rings. The number of ether oxygens (including phenoxy) is 1. The van der Waals surface area contributed by atoms with Gasteiger partial charge < -0.3 is 20.9 Å². The topological polar surface area (TPSA) is 119 Å². The number of anilines is 2. The fourth-order valence-electron chi connectivity index (χ4n) is 2.33. The minimum atomic E-state index is -2.37. The van der Waals surface area contributed by atoms with E-state index < -0.39 is 28.1 Å². The minimum absolute atomic E-state index is 0.0267. The fraction of sp³-hybridized carbons (Fsp3) is 0.250. The van der Waals surface area contributed by atoms with Crippen LogP contribution in [-0.4, -0.2) is 27.8 Å². The van der Waals surface area contributed by atoms with Crippen molar-refractivity contribution in [2.75, 3.05) is 11.1 Å². The van der Waals surface area contributed by atoms with Gasteiger partial charge >= 0.3 is 11.0 Å². The molecule has 0 aliphatic carbocycles. The molecule has 0 bridgehead atoms. The second kappa shape index (κ2) is 7.90. The van der Waals surface area contributed by atoms with Crippen molar-refractivity contribution >= 4 is 40.6 Å². The molecule has 0 spiro atoms. The van der Waals surface area contributed by atoms with E-state index in [2.05, 4.69) is 5.32 Å². The van der Waals surface area contributed by atoms with Crippen LogP contribution in [0, 0.1) is 5.41 Å². The summed E-state index contributed by atoms with van der Waals surface area (Å²) in [5.74, 6) is -2.60. The largest absolute Gasteiger partial charge is 0.478 e. The second-order valence-electron chi connectivity index (χ2n) is 7.19. The number of carbonyl (C=O) groups excluding carboxylic acids is 2. The Morgan fingerprint density at radius 2 is 1.68 bits per heavy atom. The van der Waals surface area contributed by atoms with Crippen LogP contribution in [0.5, 0.6) is 5.75 Å². The Balaban J connectivity index is 2.37. The van der Waals surface area contributed by atoms with E-state index in [-0.39, 0.29) is 11.3 Å². The molecule has 0 heterocycles. The number of aromatic carboxylic acids is 1. The van der Waals surface area contributed by atoms with Crippen LogP contribution in [0.1, 0.15) is 31.1 Å². The molecule has 2 aromatic carbocycles. The molecule has 148 valence electrons. The van der Waals surface area contributed by atoms with E-state index in [1.54, 1.807) is 39.0 Å². The van der Waals surface area contributed by atoms with E-state index >= 15 is 0 Å². The molecule has 4 N–H and O–H groups in total. The maximum absolute atomic E-state index is 12.9. The number of alkyl halides is 1. The number of Topliss-reactive ketones (excluding diaryl/α,β-unsaturated/α-hetero) is 1. The zero-order valence-electron chi connectivity index (χ0n) is 15.7. The van der Waals surface area contributed by atoms with Crippen LogP contribution in [0.25, 0.3) is 0 Å². The van der Waals surface area contributed by atoms with Crippen LogP contribution in [0.15, 0.2) is 48.5 Å². The van der Waals surface area contributed by atoms with Crippen molar-refractivity contribution in [1.82, 2.24) is 0 Å². The summed E-state index contributed by atoms with van der Waals surface area (Å²) in [6, 6.07) is 11.6. The predicted octanol–water partition coefficient (Wildman–Crippen LogP) is 3.53. The number of ketones is 1. The number of hydrogen-bond donors (Lipinski definition) is 3. The number of amides is 1. The lowest BCUT2D eigenvalue weighted by atomic mass is 9.86. The maximum Gasteiger partial charge on any atom is 0.335 e. The van der Waals surface area contributed by atoms with Crippen LogP contribution in [0.3, 0.4) is 0 Å². The monoisotopic (exact) mass is 404 g/mol. The Hall–Kier alpha value is -3.06. The normalized spacial score (nSPS) is 13.3. The van der Waals surface area contributed by atoms with E-state index in [0.29, 0.717) is 11.4 Å². The molecule has 28 heavy (non-hydrogen) atoms. The zero-order valence-corrected chi connectivity index (χ0v) is 16.4. The number of carboxylic acids is 1. The fourth-order valence-corrected chi connectivity index (χ4v) is 2.75. The van der Waals surface area contributed by atoms with E-state index in [1.807, 2.05) is 0 Å². The lowest BCUT2D eigenvalue weighted by Crippen LogP contribution is -2.54. The SMILES string of the molecule is CC(C)(C)C(=O)C(Cl)(Oc1ccc(C(=O)O)cc1)C(=O)Nc1cccc(N)c1. The van der Waals surface area contributed by atoms with Crippen molar-refractivity contribution in [3.63, 3.8) is 0 Å². The van der Waals surface area contributed by atoms with Crippen molar-refractivity contribution in [3.05, 3.63) is 54.1 Å². The Bertz CT molecular complexity index is 906. The quantitative estimate of drug-likeness (QED) is 0.385. The number of carbonyl (C=O) groups is 3. The highest BCUT2D eigenvalue weighted by atomic mass is 35.5. The Morgan fingerprint density at radius 3 is 2.18 bits per heavy atom. The summed E-state index contributed by atoms with van der Waals surface area (Å²) in [5, 5.41) is 9.15. The van der Waals surface area contributed by atoms with E-state index in [4.69, 9.17) is 27.2 Å². The summed E-state index contributed by atoms with van der Waals surface area (Å²) in [7, 11) is 0. The molecule has 0 aromatic heterocycles. The molecule has 0 fully saturated rings. The van der Waals surface area contributed by atoms with Gasteiger partial charge in [0.1, 0.15) is 5.75 Å². The third-order valence-electron chi connectivity index (χ3n) is 3.77. The van der Waals surface area contributed by atoms with Crippen molar-refractivity contribution < 1.29 is 24.2 Å². The molecule has 1 amide bonds. The summed E-state index contributed by atoms with van der Waals surface area (Å²) >= 11 is 6.42. The van der Waals surface area contributed by atoms with Crippen LogP contribution >= 0.6 is 11.6 Å². The molecule has 1 unspecified atom stereocenters. The van der Waals surface area contributed by atoms with Gasteiger partial charge in [-0.1, -0.05) is 38.4 Å². The second-order valence-corrected chi connectivity index (χ2v) is 7.72. The molecule has 2 aromatic rings. The summed E-state index contributed by atoms with van der Waals surface area (Å²) in [6.07, 6.45) is 0. The van der Waals surface area contributed by atoms with Gasteiger partial charge in [-0.2, -0.15) is 0 Å². The van der Waals surface area contributed by atoms with E-state index in [9.17, 15) is 14.4 Å². The van der Waals surface area contributed by atoms with Gasteiger partial charge in [-0.3, -0.25) is 9.59 Å². The number of nitrogens with one attached hydrogen (secondary N) is 1. The first-order valence-corrected chi connectivity index (χ1v) is 8.74. The van der Waals surface area contributed by atoms with E-state index in [0.717, 1.165) is 0 Å². The smallest absolute Gasteiger partial charge is 0.335 e. The number of rotatable bonds is 6. The number of nitrogens with two attached hydrogens (primary N) is 1. The molecule has 1 atom stereocenters. The number of nitrogen functional groups attached to an aromatic ring is 1. The van der Waals surface area contributed by atoms with Gasteiger partial charge in [-0.05, 0) is 42.5 Å². The molecule has 7 nitrogen and oxygen atoms in total. The van der Waals surface area contributed by atoms with Crippen LogP contribution in [-0.2, 0) is 9.59 Å². The lowest BCUT2D eigenvalue weighted by Gasteiger charge is -2.31. The molecule has 0 radical (unpaired) electrons. The molecular weight excluding hydrogens is 384 g/mol. The average Bonchev–Trinajstić information content (AvgIpc) is 2.60. The molecule has 0 aliphatic heterocycles. The molecule has 8 heteroatoms. The van der Waals surface area contributed by atoms with Crippen LogP contribution in [0.2, 0.25) is 0 Å². The Kier molecular flexibility index (Phi) is 5.99. The molecule has 2 rings (SSSR count). The highest BCUT2D eigenvalue weighted by Gasteiger charge is 2.51. The number of halogens is 1. The average molecular weight is 405 g/mol. The van der Waals surface area contributed by atoms with Gasteiger partial charge in [0, 0.05) is 16.8 Å². The summed E-state index contributed by atoms with van der Waals surface area (Å²) in [6.45, 7) is 4.82. The highest BCUT2D eigenvalue weighted by molar-refractivity contribution is 6.47. The van der Waals surface area contributed by atoms with Gasteiger partial charge in [0.05, 0.1) is 5.56 Å². The third kappa shape index (κ3) is 4.80. The third-order valence-corrected chi connectivity index (χ3v) is 4.19. The number of benzene rings is 2. The Labute approximate surface area is 167 Å². The molecular formula is C20H21ClN2O5. The first-order chi connectivity index (χ1) is 12.9. The number of carboxylic acid groups (broad SMARTS) is 1. The van der Waals surface area contributed by atoms with Gasteiger partial charge in [-0.25, -0.2) is 4.79 Å². The first kappa shape index (κ1) is 21.2. The standard InChI is InChI=1S/C20H21ClN2O5/c1-19(2,3)17(26)20(21,18(27)23-14-6-4-5-13(22)11-14)28-15-9-7-12(8-10-15)16(24)25/h4-11H,22H2,1-3H3,(H,23,27)(H,24,25). The van der Waals surface area contributed by atoms with Crippen molar-refractivity contribution in [2.24, 2.45) is 5.41 Å².